The van der Waals surface area contributed by atoms with Gasteiger partial charge in [0.25, 0.3) is 0 Å². The number of carbonyl (C=O) groups excluding carboxylic acids is 16. The van der Waals surface area contributed by atoms with Crippen molar-refractivity contribution >= 4 is 134 Å². The van der Waals surface area contributed by atoms with E-state index >= 15 is 28.8 Å². The molecule has 9 rings (SSSR count). The monoisotopic (exact) mass is 1880 g/mol. The number of Topliss-reactive ketones (excluding diaryl/α,β-unsaturated/α-hetero) is 1. The number of tetrazole rings is 1. The van der Waals surface area contributed by atoms with Crippen LogP contribution in [-0.2, 0) is 102 Å². The number of phenols is 1. The lowest BCUT2D eigenvalue weighted by molar-refractivity contribution is -0.149. The zero-order valence-corrected chi connectivity index (χ0v) is 77.2. The number of aliphatic hydroxyl groups excluding tert-OH is 1. The molecule has 44 nitrogen and oxygen atoms in total. The Morgan fingerprint density at radius 1 is 0.582 bits per heavy atom. The van der Waals surface area contributed by atoms with Gasteiger partial charge in [-0.25, -0.2) is 9.67 Å². The number of carbonyl (C=O) groups is 16. The number of unbranched alkanes of at least 4 members (excludes halogenated alkanes) is 2. The van der Waals surface area contributed by atoms with E-state index in [1.54, 1.807) is 86.9 Å². The number of hydrogen-bond acceptors (Lipinski definition) is 24. The molecule has 1 fully saturated rings. The number of fused-ring (bicyclic) bond motifs is 4. The van der Waals surface area contributed by atoms with E-state index in [1.165, 1.54) is 57.6 Å². The number of H-pyrrole nitrogens is 3. The van der Waals surface area contributed by atoms with Crippen LogP contribution in [0, 0.1) is 11.3 Å². The van der Waals surface area contributed by atoms with Crippen LogP contribution in [0.15, 0.2) is 97.7 Å². The highest BCUT2D eigenvalue weighted by molar-refractivity contribution is 8.00. The Labute approximate surface area is 777 Å². The number of primary amides is 2. The average molecular weight is 1880 g/mol. The van der Waals surface area contributed by atoms with Crippen molar-refractivity contribution in [3.05, 3.63) is 126 Å². The van der Waals surface area contributed by atoms with E-state index in [2.05, 4.69) is 88.6 Å². The molecule has 7 aromatic rings. The summed E-state index contributed by atoms with van der Waals surface area (Å²) in [6, 6.07) is 0.654. The van der Waals surface area contributed by atoms with Gasteiger partial charge in [0.2, 0.25) is 88.6 Å². The van der Waals surface area contributed by atoms with Gasteiger partial charge in [0.15, 0.2) is 17.6 Å². The predicted octanol–water partition coefficient (Wildman–Crippen LogP) is -1.13. The number of aliphatic hydroxyl groups is 1. The Morgan fingerprint density at radius 3 is 1.77 bits per heavy atom. The second kappa shape index (κ2) is 50.1. The second-order valence-electron chi connectivity index (χ2n) is 34.1. The van der Waals surface area contributed by atoms with Crippen LogP contribution in [-0.4, -0.2) is 296 Å². The summed E-state index contributed by atoms with van der Waals surface area (Å²) in [7, 11) is 4.01. The first kappa shape index (κ1) is 104. The second-order valence-corrected chi connectivity index (χ2v) is 35.1. The quantitative estimate of drug-likeness (QED) is 0.0165. The van der Waals surface area contributed by atoms with Gasteiger partial charge in [-0.1, -0.05) is 102 Å². The third kappa shape index (κ3) is 29.3. The molecule has 0 unspecified atom stereocenters. The molecule has 0 bridgehead atoms. The molecular weight excluding hydrogens is 1750 g/mol. The molecule has 13 atom stereocenters. The number of thioether (sulfide) groups is 1. The molecule has 2 aliphatic heterocycles. The van der Waals surface area contributed by atoms with E-state index in [9.17, 15) is 58.2 Å². The zero-order valence-electron chi connectivity index (χ0n) is 76.4. The fourth-order valence-corrected chi connectivity index (χ4v) is 17.1. The SMILES string of the molecule is CCCC[C@H]1C(=O)N(C)[C@@H](CCCC)C(=O)N[C@@H](CCCNC(=N)N)C(=O)N[C@H](C(=O)CCC(N)=O)CSCC(=O)N[C@@H](Cc2ccc(O)cc2)c2nnnn2[C@@H](C)C(=O)N[C@@H](CC(N)=O)C(=O)N2CCC[C@H]2C(=O)N[C@@H](Cc2cnc[nH]2)C(=O)N[C@@H](CC(C)C)C(=O)N(C)CC(=O)N[C@@H](Cc2c[nH]c3ccccc23)C(=O)N[C@@H](CO)C(=O)N[C@@H](Cc2c[nH]c3ccccc23)C(=O)N1C. The van der Waals surface area contributed by atoms with Gasteiger partial charge in [-0.3, -0.25) is 82.1 Å². The van der Waals surface area contributed by atoms with Crippen LogP contribution < -0.4 is 70.4 Å². The van der Waals surface area contributed by atoms with Gasteiger partial charge in [0.1, 0.15) is 72.2 Å². The highest BCUT2D eigenvalue weighted by Crippen LogP contribution is 2.28. The maximum atomic E-state index is 15.7. The number of nitrogens with zero attached hydrogens (tertiary/aromatic N) is 9. The molecule has 45 heteroatoms. The van der Waals surface area contributed by atoms with Gasteiger partial charge in [0, 0.05) is 125 Å². The molecular formula is C89H124N26O18S. The van der Waals surface area contributed by atoms with Crippen molar-refractivity contribution in [2.45, 2.75) is 229 Å². The molecule has 4 aromatic heterocycles. The molecule has 2 aliphatic rings. The van der Waals surface area contributed by atoms with Crippen LogP contribution in [0.1, 0.15) is 165 Å². The first-order valence-corrected chi connectivity index (χ1v) is 45.9. The number of imidazole rings is 1. The predicted molar refractivity (Wildman–Crippen MR) is 492 cm³/mol. The van der Waals surface area contributed by atoms with Gasteiger partial charge in [-0.15, -0.1) is 16.9 Å². The molecule has 6 heterocycles. The van der Waals surface area contributed by atoms with E-state index in [4.69, 9.17) is 22.6 Å². The van der Waals surface area contributed by atoms with Gasteiger partial charge in [-0.2, -0.15) is 0 Å². The molecule has 3 aromatic carbocycles. The van der Waals surface area contributed by atoms with Crippen LogP contribution in [0.5, 0.6) is 5.75 Å². The van der Waals surface area contributed by atoms with Crippen LogP contribution in [0.4, 0.5) is 0 Å². The van der Waals surface area contributed by atoms with Crippen LogP contribution in [0.3, 0.4) is 0 Å². The van der Waals surface area contributed by atoms with Crippen LogP contribution >= 0.6 is 11.8 Å². The first-order chi connectivity index (χ1) is 64.0. The number of guanidine groups is 1. The Balaban J connectivity index is 1.09. The topological polar surface area (TPSA) is 653 Å². The summed E-state index contributed by atoms with van der Waals surface area (Å²) in [5.74, 6) is -15.9. The summed E-state index contributed by atoms with van der Waals surface area (Å²) in [5, 5.41) is 69.9. The molecule has 0 aliphatic carbocycles. The Morgan fingerprint density at radius 2 is 1.16 bits per heavy atom. The Hall–Kier alpha value is -13.9. The van der Waals surface area contributed by atoms with E-state index < -0.39 is 217 Å². The smallest absolute Gasteiger partial charge is 0.246 e. The minimum Gasteiger partial charge on any atom is -0.508 e. The van der Waals surface area contributed by atoms with E-state index in [-0.39, 0.29) is 107 Å². The number of aromatic hydroxyl groups is 1. The third-order valence-corrected chi connectivity index (χ3v) is 24.5. The van der Waals surface area contributed by atoms with Crippen molar-refractivity contribution in [1.82, 2.24) is 113 Å². The average Bonchev–Trinajstić information content (AvgIpc) is 1.54. The molecule has 15 amide bonds. The van der Waals surface area contributed by atoms with Gasteiger partial charge < -0.3 is 115 Å². The van der Waals surface area contributed by atoms with E-state index in [0.29, 0.717) is 69.9 Å². The summed E-state index contributed by atoms with van der Waals surface area (Å²) in [4.78, 5) is 253. The third-order valence-electron chi connectivity index (χ3n) is 23.5. The molecule has 0 radical (unpaired) electrons. The molecule has 724 valence electrons. The number of hydrogen-bond donors (Lipinski definition) is 19. The molecule has 134 heavy (non-hydrogen) atoms. The number of benzene rings is 3. The summed E-state index contributed by atoms with van der Waals surface area (Å²) < 4.78 is 1.04. The standard InChI is InChI=1S/C89H124N26O18S/c1-9-11-24-69-83(128)101-60(23-17-33-95-89(92)93)79(124)107-68(72(118)31-32-73(90)119)46-134-47-76(122)99-61(36-51-27-29-55(117)30-28-51)77-108-109-110-115(77)50(5)78(123)103-66(40-74(91)120)87(132)114-34-18-26-70(114)84(129)102-63(39-54-43-94-48-98-54)81(126)104-64(35-49(3)4)85(130)111(6)44-75(121)100-62(37-52-41-96-58-21-15-13-19-56(52)58)80(125)106-67(45-116)82(127)105-65(38-53-42-97-59-22-16-14-20-57(53)59)86(131)113(8)71(25-12-10-2)88(133)112(69)7/h13-16,19-22,27-30,41-43,48-50,60-71,96-97,116-117H,9-12,17-18,23-26,31-40,44-47H2,1-8H3,(H2,90,119)(H2,91,120)(H,94,98)(H,99,122)(H,100,121)(H,101,128)(H,102,129)(H,103,123)(H,104,126)(H,105,127)(H,106,125)(H,107,124)(H4,92,93,95)/t50-,60-,61-,62-,63-,64-,65-,66-,67-,68-,69-,70-,71-/m0/s1. The van der Waals surface area contributed by atoms with Crippen molar-refractivity contribution < 1.29 is 86.9 Å². The fraction of sp³-hybridized carbons (Fsp3) is 0.517. The molecule has 1 saturated heterocycles. The largest absolute Gasteiger partial charge is 0.508 e. The number of likely N-dealkylation sites (N-methyl/N-ethyl adjacent to an activating group) is 3. The van der Waals surface area contributed by atoms with Crippen LogP contribution in [0.2, 0.25) is 0 Å². The first-order valence-electron chi connectivity index (χ1n) is 44.8. The number of nitrogens with one attached hydrogen (secondary N) is 14. The lowest BCUT2D eigenvalue weighted by Gasteiger charge is -2.36. The number of aromatic nitrogens is 8. The van der Waals surface area contributed by atoms with Gasteiger partial charge in [0.05, 0.1) is 43.7 Å². The highest BCUT2D eigenvalue weighted by Gasteiger charge is 2.44. The molecule has 22 N–H and O–H groups in total. The molecule has 0 spiro atoms. The minimum atomic E-state index is -1.85. The van der Waals surface area contributed by atoms with Crippen molar-refractivity contribution in [2.24, 2.45) is 23.1 Å². The maximum absolute atomic E-state index is 15.7. The van der Waals surface area contributed by atoms with E-state index in [1.807, 2.05) is 13.8 Å². The summed E-state index contributed by atoms with van der Waals surface area (Å²) in [5.41, 5.74) is 20.1. The number of rotatable bonds is 27. The van der Waals surface area contributed by atoms with Crippen molar-refractivity contribution in [3.63, 3.8) is 0 Å². The molecule has 0 saturated carbocycles. The van der Waals surface area contributed by atoms with Crippen LogP contribution in [0.25, 0.3) is 21.8 Å². The number of nitrogens with two attached hydrogens (primary N) is 3. The fourth-order valence-electron chi connectivity index (χ4n) is 16.2. The maximum Gasteiger partial charge on any atom is 0.246 e. The summed E-state index contributed by atoms with van der Waals surface area (Å²) in [6.07, 6.45) is 5.16. The Kier molecular flexibility index (Phi) is 38.8. The summed E-state index contributed by atoms with van der Waals surface area (Å²) >= 11 is 0.852. The van der Waals surface area contributed by atoms with Crippen molar-refractivity contribution in [1.29, 1.82) is 5.41 Å². The van der Waals surface area contributed by atoms with Gasteiger partial charge >= 0.3 is 0 Å². The van der Waals surface area contributed by atoms with Crippen molar-refractivity contribution in [2.75, 3.05) is 58.9 Å². The Bertz CT molecular complexity index is 5290. The zero-order chi connectivity index (χ0) is 97.6. The lowest BCUT2D eigenvalue weighted by Crippen LogP contribution is -2.61. The number of amides is 15. The normalized spacial score (nSPS) is 23.1. The van der Waals surface area contributed by atoms with E-state index in [0.717, 1.165) is 31.1 Å². The summed E-state index contributed by atoms with van der Waals surface area (Å²) in [6.45, 7) is 6.69. The number of ketones is 1. The number of aromatic amines is 3. The van der Waals surface area contributed by atoms with Gasteiger partial charge in [-0.05, 0) is 109 Å². The minimum absolute atomic E-state index is 0.00364. The van der Waals surface area contributed by atoms with Crippen molar-refractivity contribution in [3.8, 4) is 5.75 Å². The lowest BCUT2D eigenvalue weighted by atomic mass is 10.00. The number of phenolic OH excluding ortho intramolecular Hbond substituents is 1. The number of para-hydroxylation sites is 2. The highest BCUT2D eigenvalue weighted by atomic mass is 32.2.